The Kier molecular flexibility index (Phi) is 3.49. The van der Waals surface area contributed by atoms with E-state index in [1.807, 2.05) is 0 Å². The van der Waals surface area contributed by atoms with Gasteiger partial charge in [-0.2, -0.15) is 13.2 Å². The lowest BCUT2D eigenvalue weighted by atomic mass is 10.1. The Balaban J connectivity index is 2.68. The lowest BCUT2D eigenvalue weighted by Gasteiger charge is -2.21. The molecule has 1 rings (SSSR count). The Morgan fingerprint density at radius 2 is 2.12 bits per heavy atom. The molecule has 1 heterocycles. The van der Waals surface area contributed by atoms with Crippen LogP contribution in [0.3, 0.4) is 0 Å². The molecular formula is C8H8F3N3O3. The summed E-state index contributed by atoms with van der Waals surface area (Å²) in [4.78, 5) is 37.3. The van der Waals surface area contributed by atoms with Gasteiger partial charge >= 0.3 is 12.2 Å². The fraction of sp³-hybridized carbons (Fsp3) is 0.500. The fourth-order valence-electron chi connectivity index (χ4n) is 1.07. The third kappa shape index (κ3) is 3.26. The van der Waals surface area contributed by atoms with Crippen LogP contribution in [0.1, 0.15) is 0 Å². The van der Waals surface area contributed by atoms with E-state index in [1.54, 1.807) is 5.32 Å². The summed E-state index contributed by atoms with van der Waals surface area (Å²) in [5.41, 5.74) is 0. The Labute approximate surface area is 93.5 Å². The van der Waals surface area contributed by atoms with Crippen molar-refractivity contribution in [2.75, 3.05) is 13.6 Å². The van der Waals surface area contributed by atoms with Crippen LogP contribution >= 0.6 is 0 Å². The van der Waals surface area contributed by atoms with Crippen molar-refractivity contribution < 1.29 is 27.6 Å². The van der Waals surface area contributed by atoms with Gasteiger partial charge in [0.05, 0.1) is 0 Å². The number of hydrogen-bond acceptors (Lipinski definition) is 3. The standard InChI is InChI=1S/C8H8F3N3O3/c1-14-6(16)4(2-12-7(14)17)5(15)13-3-8(9,10)11/h2,4H,3H2,1H3,(H,13,15). The lowest BCUT2D eigenvalue weighted by molar-refractivity contribution is -0.144. The second-order valence-corrected chi connectivity index (χ2v) is 3.27. The van der Waals surface area contributed by atoms with E-state index in [0.717, 1.165) is 13.3 Å². The average Bonchev–Trinajstić information content (AvgIpc) is 2.22. The van der Waals surface area contributed by atoms with Gasteiger partial charge in [-0.1, -0.05) is 0 Å². The number of carbonyl (C=O) groups excluding carboxylic acids is 3. The summed E-state index contributed by atoms with van der Waals surface area (Å²) in [6.45, 7) is -1.54. The summed E-state index contributed by atoms with van der Waals surface area (Å²) in [6, 6.07) is -0.866. The molecule has 9 heteroatoms. The first-order chi connectivity index (χ1) is 7.72. The summed E-state index contributed by atoms with van der Waals surface area (Å²) < 4.78 is 35.5. The van der Waals surface area contributed by atoms with Crippen LogP contribution in [0.25, 0.3) is 0 Å². The molecule has 1 aliphatic rings. The van der Waals surface area contributed by atoms with Crippen LogP contribution in [0.4, 0.5) is 18.0 Å². The molecule has 6 nitrogen and oxygen atoms in total. The minimum absolute atomic E-state index is 0.567. The maximum absolute atomic E-state index is 11.8. The highest BCUT2D eigenvalue weighted by Gasteiger charge is 2.36. The molecule has 1 N–H and O–H groups in total. The molecule has 0 spiro atoms. The maximum atomic E-state index is 11.8. The summed E-state index contributed by atoms with van der Waals surface area (Å²) in [6.07, 6.45) is -3.83. The molecule has 0 aromatic carbocycles. The van der Waals surface area contributed by atoms with Crippen LogP contribution in [-0.2, 0) is 9.59 Å². The highest BCUT2D eigenvalue weighted by atomic mass is 19.4. The van der Waals surface area contributed by atoms with Crippen molar-refractivity contribution in [3.8, 4) is 0 Å². The van der Waals surface area contributed by atoms with Gasteiger partial charge in [-0.15, -0.1) is 0 Å². The molecule has 1 atom stereocenters. The van der Waals surface area contributed by atoms with Crippen LogP contribution in [0.2, 0.25) is 0 Å². The average molecular weight is 251 g/mol. The van der Waals surface area contributed by atoms with Gasteiger partial charge in [0.25, 0.3) is 0 Å². The highest BCUT2D eigenvalue weighted by molar-refractivity contribution is 6.20. The van der Waals surface area contributed by atoms with Crippen LogP contribution < -0.4 is 5.32 Å². The van der Waals surface area contributed by atoms with Crippen molar-refractivity contribution in [3.63, 3.8) is 0 Å². The zero-order valence-electron chi connectivity index (χ0n) is 8.61. The minimum atomic E-state index is -4.56. The van der Waals surface area contributed by atoms with E-state index >= 15 is 0 Å². The third-order valence-corrected chi connectivity index (χ3v) is 1.96. The van der Waals surface area contributed by atoms with Crippen LogP contribution in [0, 0.1) is 5.92 Å². The Morgan fingerprint density at radius 3 is 2.65 bits per heavy atom. The zero-order valence-corrected chi connectivity index (χ0v) is 8.61. The Bertz CT molecular complexity index is 391. The van der Waals surface area contributed by atoms with Crippen LogP contribution in [-0.4, -0.2) is 48.7 Å². The molecule has 0 aromatic rings. The van der Waals surface area contributed by atoms with Crippen LogP contribution in [0.15, 0.2) is 4.99 Å². The van der Waals surface area contributed by atoms with Gasteiger partial charge in [-0.25, -0.2) is 9.79 Å². The van der Waals surface area contributed by atoms with Crippen molar-refractivity contribution in [3.05, 3.63) is 0 Å². The first kappa shape index (κ1) is 13.1. The van der Waals surface area contributed by atoms with E-state index in [4.69, 9.17) is 0 Å². The molecule has 0 saturated carbocycles. The number of alkyl halides is 3. The molecule has 0 saturated heterocycles. The largest absolute Gasteiger partial charge is 0.405 e. The number of hydrogen-bond donors (Lipinski definition) is 1. The first-order valence-corrected chi connectivity index (χ1v) is 4.42. The molecule has 0 fully saturated rings. The van der Waals surface area contributed by atoms with E-state index in [0.29, 0.717) is 4.90 Å². The number of halogens is 3. The van der Waals surface area contributed by atoms with Crippen molar-refractivity contribution in [2.24, 2.45) is 10.9 Å². The number of amides is 4. The lowest BCUT2D eigenvalue weighted by Crippen LogP contribution is -2.48. The SMILES string of the molecule is CN1C(=O)N=CC(C(=O)NCC(F)(F)F)C1=O. The van der Waals surface area contributed by atoms with Gasteiger partial charge in [0.15, 0.2) is 5.92 Å². The van der Waals surface area contributed by atoms with Gasteiger partial charge in [-0.05, 0) is 0 Å². The summed E-state index contributed by atoms with van der Waals surface area (Å²) in [5, 5.41) is 1.54. The van der Waals surface area contributed by atoms with Gasteiger partial charge in [0.2, 0.25) is 11.8 Å². The van der Waals surface area contributed by atoms with Crippen molar-refractivity contribution >= 4 is 24.1 Å². The summed E-state index contributed by atoms with van der Waals surface area (Å²) >= 11 is 0. The quantitative estimate of drug-likeness (QED) is 0.698. The van der Waals surface area contributed by atoms with E-state index in [-0.39, 0.29) is 0 Å². The summed E-state index contributed by atoms with van der Waals surface area (Å²) in [7, 11) is 1.09. The smallest absolute Gasteiger partial charge is 0.346 e. The monoisotopic (exact) mass is 251 g/mol. The Morgan fingerprint density at radius 1 is 1.53 bits per heavy atom. The molecule has 4 amide bonds. The normalized spacial score (nSPS) is 20.7. The Hall–Kier alpha value is -1.93. The van der Waals surface area contributed by atoms with E-state index < -0.39 is 36.5 Å². The predicted octanol–water partition coefficient (Wildman–Crippen LogP) is -0.0561. The maximum Gasteiger partial charge on any atom is 0.405 e. The van der Waals surface area contributed by atoms with Crippen molar-refractivity contribution in [1.29, 1.82) is 0 Å². The first-order valence-electron chi connectivity index (χ1n) is 4.42. The van der Waals surface area contributed by atoms with Gasteiger partial charge in [-0.3, -0.25) is 14.5 Å². The zero-order chi connectivity index (χ0) is 13.2. The number of rotatable bonds is 2. The number of nitrogens with one attached hydrogen (secondary N) is 1. The van der Waals surface area contributed by atoms with Crippen LogP contribution in [0.5, 0.6) is 0 Å². The number of carbonyl (C=O) groups is 3. The van der Waals surface area contributed by atoms with Gasteiger partial charge in [0.1, 0.15) is 6.54 Å². The van der Waals surface area contributed by atoms with E-state index in [1.165, 1.54) is 0 Å². The van der Waals surface area contributed by atoms with Gasteiger partial charge in [0, 0.05) is 13.3 Å². The van der Waals surface area contributed by atoms with E-state index in [2.05, 4.69) is 4.99 Å². The molecule has 0 aliphatic carbocycles. The van der Waals surface area contributed by atoms with Crippen molar-refractivity contribution in [2.45, 2.75) is 6.18 Å². The number of urea groups is 1. The molecule has 1 aliphatic heterocycles. The van der Waals surface area contributed by atoms with E-state index in [9.17, 15) is 27.6 Å². The molecule has 17 heavy (non-hydrogen) atoms. The topological polar surface area (TPSA) is 78.8 Å². The third-order valence-electron chi connectivity index (χ3n) is 1.96. The fourth-order valence-corrected chi connectivity index (χ4v) is 1.07. The summed E-state index contributed by atoms with van der Waals surface area (Å²) in [5.74, 6) is -3.56. The molecular weight excluding hydrogens is 243 g/mol. The molecule has 0 aromatic heterocycles. The molecule has 1 unspecified atom stereocenters. The molecule has 0 radical (unpaired) electrons. The highest BCUT2D eigenvalue weighted by Crippen LogP contribution is 2.13. The molecule has 0 bridgehead atoms. The number of nitrogens with zero attached hydrogens (tertiary/aromatic N) is 2. The number of imide groups is 1. The number of aliphatic imine (C=N–C) groups is 1. The molecule has 94 valence electrons. The minimum Gasteiger partial charge on any atom is -0.346 e. The second kappa shape index (κ2) is 4.52. The second-order valence-electron chi connectivity index (χ2n) is 3.27. The van der Waals surface area contributed by atoms with Gasteiger partial charge < -0.3 is 5.32 Å². The van der Waals surface area contributed by atoms with Crippen molar-refractivity contribution in [1.82, 2.24) is 10.2 Å². The predicted molar refractivity (Wildman–Crippen MR) is 49.2 cm³/mol.